The number of allylic oxidation sites excluding steroid dienone is 1. The van der Waals surface area contributed by atoms with E-state index in [-0.39, 0.29) is 12.4 Å². The lowest BCUT2D eigenvalue weighted by molar-refractivity contribution is -0.138. The number of aromatic amines is 1. The number of H-pyrrole nitrogens is 1. The minimum Gasteiger partial charge on any atom is -0.366 e. The fourth-order valence-corrected chi connectivity index (χ4v) is 4.04. The van der Waals surface area contributed by atoms with Gasteiger partial charge in [0, 0.05) is 30.9 Å². The number of carbonyl (C=O) groups is 1. The van der Waals surface area contributed by atoms with Crippen LogP contribution in [-0.4, -0.2) is 29.0 Å². The summed E-state index contributed by atoms with van der Waals surface area (Å²) in [6.07, 6.45) is -1.81. The molecular formula is C23H20F4N4O. The fraction of sp³-hybridized carbons (Fsp3) is 0.217. The van der Waals surface area contributed by atoms with Gasteiger partial charge in [0.15, 0.2) is 11.6 Å². The van der Waals surface area contributed by atoms with Gasteiger partial charge in [0.25, 0.3) is 5.91 Å². The number of piperidine rings is 1. The lowest BCUT2D eigenvalue weighted by Gasteiger charge is -2.32. The maximum Gasteiger partial charge on any atom is 0.417 e. The molecule has 5 nitrogen and oxygen atoms in total. The Bertz CT molecular complexity index is 1270. The quantitative estimate of drug-likeness (QED) is 0.555. The molecule has 0 radical (unpaired) electrons. The number of primary amides is 1. The fourth-order valence-electron chi connectivity index (χ4n) is 4.04. The van der Waals surface area contributed by atoms with Crippen molar-refractivity contribution in [2.75, 3.05) is 18.0 Å². The van der Waals surface area contributed by atoms with Crippen LogP contribution in [0.5, 0.6) is 0 Å². The van der Waals surface area contributed by atoms with Crippen LogP contribution in [0.4, 0.5) is 23.4 Å². The van der Waals surface area contributed by atoms with Gasteiger partial charge in [-0.25, -0.2) is 9.37 Å². The van der Waals surface area contributed by atoms with Crippen LogP contribution >= 0.6 is 0 Å². The molecule has 166 valence electrons. The largest absolute Gasteiger partial charge is 0.417 e. The van der Waals surface area contributed by atoms with Crippen molar-refractivity contribution in [1.29, 1.82) is 0 Å². The van der Waals surface area contributed by atoms with Gasteiger partial charge in [0.1, 0.15) is 0 Å². The highest BCUT2D eigenvalue weighted by Gasteiger charge is 2.33. The minimum absolute atomic E-state index is 0.133. The molecular weight excluding hydrogens is 424 g/mol. The number of carbonyl (C=O) groups excluding carboxylic acids is 1. The summed E-state index contributed by atoms with van der Waals surface area (Å²) in [4.78, 5) is 20.1. The van der Waals surface area contributed by atoms with Gasteiger partial charge >= 0.3 is 6.18 Å². The van der Waals surface area contributed by atoms with Crippen molar-refractivity contribution < 1.29 is 22.4 Å². The first-order chi connectivity index (χ1) is 15.1. The van der Waals surface area contributed by atoms with Crippen LogP contribution in [0.15, 0.2) is 54.4 Å². The van der Waals surface area contributed by atoms with E-state index in [0.29, 0.717) is 36.3 Å². The third kappa shape index (κ3) is 3.74. The Balaban J connectivity index is 1.74. The van der Waals surface area contributed by atoms with Crippen molar-refractivity contribution in [3.05, 3.63) is 76.9 Å². The predicted molar refractivity (Wildman–Crippen MR) is 115 cm³/mol. The van der Waals surface area contributed by atoms with Crippen LogP contribution in [0.2, 0.25) is 0 Å². The van der Waals surface area contributed by atoms with Gasteiger partial charge in [-0.15, -0.1) is 0 Å². The predicted octanol–water partition coefficient (Wildman–Crippen LogP) is 5.06. The summed E-state index contributed by atoms with van der Waals surface area (Å²) in [7, 11) is 0. The normalized spacial score (nSPS) is 16.5. The second kappa shape index (κ2) is 7.81. The van der Waals surface area contributed by atoms with Gasteiger partial charge in [0.2, 0.25) is 0 Å². The van der Waals surface area contributed by atoms with Crippen LogP contribution in [0, 0.1) is 5.82 Å². The van der Waals surface area contributed by atoms with Gasteiger partial charge in [-0.3, -0.25) is 4.79 Å². The number of halogens is 4. The molecule has 32 heavy (non-hydrogen) atoms. The summed E-state index contributed by atoms with van der Waals surface area (Å²) in [5.74, 6) is -1.71. The van der Waals surface area contributed by atoms with Crippen molar-refractivity contribution >= 4 is 28.2 Å². The molecule has 2 aromatic heterocycles. The Morgan fingerprint density at radius 2 is 1.97 bits per heavy atom. The van der Waals surface area contributed by atoms with Crippen molar-refractivity contribution in [2.45, 2.75) is 19.5 Å². The average Bonchev–Trinajstić information content (AvgIpc) is 3.22. The number of benzene rings is 1. The zero-order chi connectivity index (χ0) is 23.2. The van der Waals surface area contributed by atoms with Crippen LogP contribution in [0.25, 0.3) is 16.5 Å². The molecule has 3 N–H and O–H groups in total. The maximum atomic E-state index is 14.5. The van der Waals surface area contributed by atoms with Gasteiger partial charge in [0.05, 0.1) is 16.6 Å². The second-order valence-electron chi connectivity index (χ2n) is 7.70. The van der Waals surface area contributed by atoms with Crippen molar-refractivity contribution in [1.82, 2.24) is 9.97 Å². The number of nitrogens with two attached hydrogens (primary N) is 1. The molecule has 1 saturated heterocycles. The number of rotatable bonds is 3. The maximum absolute atomic E-state index is 14.5. The highest BCUT2D eigenvalue weighted by molar-refractivity contribution is 6.08. The Labute approximate surface area is 181 Å². The monoisotopic (exact) mass is 444 g/mol. The summed E-state index contributed by atoms with van der Waals surface area (Å²) >= 11 is 0. The number of fused-ring (bicyclic) bond motifs is 1. The molecule has 4 rings (SSSR count). The van der Waals surface area contributed by atoms with Crippen molar-refractivity contribution in [3.63, 3.8) is 0 Å². The molecule has 0 atom stereocenters. The molecule has 1 aliphatic rings. The van der Waals surface area contributed by atoms with Gasteiger partial charge in [-0.05, 0) is 53.8 Å². The van der Waals surface area contributed by atoms with E-state index in [2.05, 4.69) is 16.5 Å². The van der Waals surface area contributed by atoms with Gasteiger partial charge in [-0.1, -0.05) is 12.6 Å². The number of anilines is 1. The molecule has 1 amide bonds. The van der Waals surface area contributed by atoms with Crippen LogP contribution < -0.4 is 10.6 Å². The average molecular weight is 444 g/mol. The summed E-state index contributed by atoms with van der Waals surface area (Å²) in [6, 6.07) is 5.73. The number of nitrogens with zero attached hydrogens (tertiary/aromatic N) is 2. The Morgan fingerprint density at radius 3 is 2.62 bits per heavy atom. The Kier molecular flexibility index (Phi) is 5.28. The van der Waals surface area contributed by atoms with Crippen LogP contribution in [0.1, 0.15) is 34.8 Å². The van der Waals surface area contributed by atoms with E-state index in [1.54, 1.807) is 23.2 Å². The highest BCUT2D eigenvalue weighted by Crippen LogP contribution is 2.36. The number of aromatic nitrogens is 2. The van der Waals surface area contributed by atoms with E-state index >= 15 is 0 Å². The van der Waals surface area contributed by atoms with E-state index in [4.69, 9.17) is 5.73 Å². The molecule has 3 aromatic rings. The van der Waals surface area contributed by atoms with E-state index in [9.17, 15) is 22.4 Å². The van der Waals surface area contributed by atoms with Gasteiger partial charge < -0.3 is 15.6 Å². The Morgan fingerprint density at radius 1 is 1.25 bits per heavy atom. The summed E-state index contributed by atoms with van der Waals surface area (Å²) in [5.41, 5.74) is 8.73. The van der Waals surface area contributed by atoms with Crippen molar-refractivity contribution in [2.24, 2.45) is 5.73 Å². The number of alkyl halides is 3. The van der Waals surface area contributed by atoms with Crippen LogP contribution in [0.3, 0.4) is 0 Å². The molecule has 0 saturated carbocycles. The van der Waals surface area contributed by atoms with E-state index in [1.807, 2.05) is 13.0 Å². The third-order valence-electron chi connectivity index (χ3n) is 5.75. The highest BCUT2D eigenvalue weighted by atomic mass is 19.4. The smallest absolute Gasteiger partial charge is 0.366 e. The molecule has 0 unspecified atom stereocenters. The number of amides is 1. The molecule has 1 aromatic carbocycles. The number of nitrogens with one attached hydrogen (secondary N) is 1. The number of hydrogen-bond donors (Lipinski definition) is 2. The summed E-state index contributed by atoms with van der Waals surface area (Å²) in [6.45, 7) is 6.64. The number of pyridine rings is 1. The van der Waals surface area contributed by atoms with E-state index in [1.165, 1.54) is 0 Å². The zero-order valence-corrected chi connectivity index (χ0v) is 17.2. The molecule has 1 aliphatic heterocycles. The van der Waals surface area contributed by atoms with E-state index in [0.717, 1.165) is 27.7 Å². The Hall–Kier alpha value is -3.62. The third-order valence-corrected chi connectivity index (χ3v) is 5.75. The first kappa shape index (κ1) is 21.6. The molecule has 0 bridgehead atoms. The first-order valence-electron chi connectivity index (χ1n) is 9.83. The van der Waals surface area contributed by atoms with Gasteiger partial charge in [-0.2, -0.15) is 13.2 Å². The first-order valence-corrected chi connectivity index (χ1v) is 9.83. The standard InChI is InChI=1S/C23H20F4N4O/c1-12-6-8-31(22-19(24)9-14(10-30-22)23(25,26)27)11-18(12)13(2)15-3-4-17(21(28)32)20-16(15)5-7-29-20/h3-5,7,9-10,29H,1,6,8,11H2,2H3,(H2,28,32)/b18-13+. The molecule has 3 heterocycles. The van der Waals surface area contributed by atoms with Crippen molar-refractivity contribution in [3.8, 4) is 0 Å². The lowest BCUT2D eigenvalue weighted by atomic mass is 9.89. The molecule has 0 aliphatic carbocycles. The summed E-state index contributed by atoms with van der Waals surface area (Å²) < 4.78 is 53.1. The molecule has 9 heteroatoms. The topological polar surface area (TPSA) is 75.0 Å². The second-order valence-corrected chi connectivity index (χ2v) is 7.70. The SMILES string of the molecule is C=C1CCN(c2ncc(C(F)(F)F)cc2F)C/C1=C(/C)c1ccc(C(N)=O)c2[nH]ccc12. The number of hydrogen-bond acceptors (Lipinski definition) is 3. The summed E-state index contributed by atoms with van der Waals surface area (Å²) in [5, 5.41) is 0.801. The zero-order valence-electron chi connectivity index (χ0n) is 17.2. The molecule has 1 fully saturated rings. The van der Waals surface area contributed by atoms with E-state index < -0.39 is 23.5 Å². The van der Waals surface area contributed by atoms with Crippen LogP contribution in [-0.2, 0) is 6.18 Å². The lowest BCUT2D eigenvalue weighted by Crippen LogP contribution is -2.34. The minimum atomic E-state index is -4.66. The molecule has 0 spiro atoms.